The van der Waals surface area contributed by atoms with E-state index in [0.717, 1.165) is 27.3 Å². The molecule has 0 fully saturated rings. The van der Waals surface area contributed by atoms with Crippen molar-refractivity contribution in [3.05, 3.63) is 84.4 Å². The van der Waals surface area contributed by atoms with Gasteiger partial charge in [0.25, 0.3) is 0 Å². The molecule has 0 spiro atoms. The summed E-state index contributed by atoms with van der Waals surface area (Å²) in [7, 11) is 0. The van der Waals surface area contributed by atoms with Crippen LogP contribution >= 0.6 is 15.9 Å². The Morgan fingerprint density at radius 1 is 0.800 bits per heavy atom. The number of benzene rings is 4. The maximum absolute atomic E-state index is 11.7. The summed E-state index contributed by atoms with van der Waals surface area (Å²) in [5.41, 5.74) is 0.673. The van der Waals surface area contributed by atoms with Crippen molar-refractivity contribution in [2.24, 2.45) is 0 Å². The average Bonchev–Trinajstić information content (AvgIpc) is 2.67. The number of ketones is 1. The molecule has 0 unspecified atom stereocenters. The van der Waals surface area contributed by atoms with Crippen molar-refractivity contribution < 1.29 is 9.53 Å². The summed E-state index contributed by atoms with van der Waals surface area (Å²) in [6.45, 7) is 0. The topological polar surface area (TPSA) is 26.3 Å². The summed E-state index contributed by atoms with van der Waals surface area (Å²) in [6, 6.07) is 25.9. The first-order valence-corrected chi connectivity index (χ1v) is 9.16. The lowest BCUT2D eigenvalue weighted by Crippen LogP contribution is -1.99. The van der Waals surface area contributed by atoms with Crippen LogP contribution in [-0.4, -0.2) is 11.1 Å². The fraction of sp³-hybridized carbons (Fsp3) is 0.0455. The molecule has 4 aromatic carbocycles. The molecule has 122 valence electrons. The van der Waals surface area contributed by atoms with Gasteiger partial charge in [0.1, 0.15) is 11.5 Å². The number of fused-ring (bicyclic) bond motifs is 2. The first-order valence-electron chi connectivity index (χ1n) is 8.04. The highest BCUT2D eigenvalue weighted by Crippen LogP contribution is 2.37. The van der Waals surface area contributed by atoms with Crippen molar-refractivity contribution in [1.29, 1.82) is 0 Å². The van der Waals surface area contributed by atoms with E-state index < -0.39 is 0 Å². The van der Waals surface area contributed by atoms with Crippen molar-refractivity contribution in [3.8, 4) is 11.5 Å². The molecule has 0 atom stereocenters. The lowest BCUT2D eigenvalue weighted by Gasteiger charge is -2.13. The van der Waals surface area contributed by atoms with E-state index in [1.54, 1.807) is 12.1 Å². The summed E-state index contributed by atoms with van der Waals surface area (Å²) in [5, 5.41) is 4.74. The van der Waals surface area contributed by atoms with Gasteiger partial charge in [0.2, 0.25) is 0 Å². The van der Waals surface area contributed by atoms with Crippen LogP contribution in [0.2, 0.25) is 0 Å². The van der Waals surface area contributed by atoms with E-state index in [1.165, 1.54) is 0 Å². The number of alkyl halides is 1. The van der Waals surface area contributed by atoms with Crippen LogP contribution in [0.15, 0.2) is 78.9 Å². The molecule has 4 aromatic rings. The van der Waals surface area contributed by atoms with Crippen LogP contribution in [0.25, 0.3) is 21.5 Å². The van der Waals surface area contributed by atoms with Crippen LogP contribution in [0.5, 0.6) is 11.5 Å². The van der Waals surface area contributed by atoms with Gasteiger partial charge in [-0.2, -0.15) is 0 Å². The maximum atomic E-state index is 11.7. The van der Waals surface area contributed by atoms with E-state index in [1.807, 2.05) is 36.4 Å². The van der Waals surface area contributed by atoms with Gasteiger partial charge < -0.3 is 4.74 Å². The molecule has 3 heteroatoms. The molecule has 0 saturated carbocycles. The fourth-order valence-electron chi connectivity index (χ4n) is 2.99. The lowest BCUT2D eigenvalue weighted by molar-refractivity contribution is 0.102. The van der Waals surface area contributed by atoms with Gasteiger partial charge in [0, 0.05) is 16.3 Å². The Labute approximate surface area is 154 Å². The van der Waals surface area contributed by atoms with E-state index >= 15 is 0 Å². The smallest absolute Gasteiger partial charge is 0.173 e. The predicted molar refractivity (Wildman–Crippen MR) is 106 cm³/mol. The fourth-order valence-corrected chi connectivity index (χ4v) is 3.31. The second kappa shape index (κ2) is 6.69. The van der Waals surface area contributed by atoms with Gasteiger partial charge in [-0.3, -0.25) is 4.79 Å². The molecule has 0 amide bonds. The third kappa shape index (κ3) is 3.03. The van der Waals surface area contributed by atoms with Gasteiger partial charge in [-0.1, -0.05) is 64.5 Å². The van der Waals surface area contributed by atoms with Crippen LogP contribution in [0.4, 0.5) is 0 Å². The van der Waals surface area contributed by atoms with Gasteiger partial charge >= 0.3 is 0 Å². The summed E-state index contributed by atoms with van der Waals surface area (Å²) < 4.78 is 6.25. The van der Waals surface area contributed by atoms with Crippen molar-refractivity contribution >= 4 is 43.3 Å². The highest BCUT2D eigenvalue weighted by Gasteiger charge is 2.10. The van der Waals surface area contributed by atoms with Crippen molar-refractivity contribution in [2.45, 2.75) is 0 Å². The number of hydrogen-bond acceptors (Lipinski definition) is 2. The molecule has 0 aliphatic carbocycles. The van der Waals surface area contributed by atoms with Crippen LogP contribution in [0.3, 0.4) is 0 Å². The molecule has 2 nitrogen and oxygen atoms in total. The van der Waals surface area contributed by atoms with E-state index in [-0.39, 0.29) is 5.78 Å². The molecule has 0 aliphatic heterocycles. The number of ether oxygens (including phenoxy) is 1. The molecule has 0 radical (unpaired) electrons. The minimum Gasteiger partial charge on any atom is -0.456 e. The Hall–Kier alpha value is -2.65. The Balaban J connectivity index is 1.83. The molecule has 0 bridgehead atoms. The molecular weight excluding hydrogens is 376 g/mol. The van der Waals surface area contributed by atoms with Crippen LogP contribution < -0.4 is 4.74 Å². The van der Waals surface area contributed by atoms with Gasteiger partial charge in [0.05, 0.1) is 5.33 Å². The molecule has 0 N–H and O–H groups in total. The maximum Gasteiger partial charge on any atom is 0.173 e. The number of rotatable bonds is 4. The van der Waals surface area contributed by atoms with E-state index in [4.69, 9.17) is 4.74 Å². The van der Waals surface area contributed by atoms with Gasteiger partial charge in [-0.05, 0) is 41.1 Å². The highest BCUT2D eigenvalue weighted by molar-refractivity contribution is 9.09. The molecule has 0 heterocycles. The largest absolute Gasteiger partial charge is 0.456 e. The minimum atomic E-state index is 0.0576. The molecular formula is C22H15BrO2. The normalized spacial score (nSPS) is 10.9. The quantitative estimate of drug-likeness (QED) is 0.230. The predicted octanol–water partition coefficient (Wildman–Crippen LogP) is 6.36. The second-order valence-electron chi connectivity index (χ2n) is 5.83. The Kier molecular flexibility index (Phi) is 4.24. The van der Waals surface area contributed by atoms with Crippen LogP contribution in [0, 0.1) is 0 Å². The highest BCUT2D eigenvalue weighted by atomic mass is 79.9. The number of carbonyl (C=O) groups excluding carboxylic acids is 1. The van der Waals surface area contributed by atoms with Crippen molar-refractivity contribution in [3.63, 3.8) is 0 Å². The zero-order chi connectivity index (χ0) is 17.2. The summed E-state index contributed by atoms with van der Waals surface area (Å²) >= 11 is 3.20. The van der Waals surface area contributed by atoms with Gasteiger partial charge in [-0.25, -0.2) is 0 Å². The zero-order valence-corrected chi connectivity index (χ0v) is 15.0. The summed E-state index contributed by atoms with van der Waals surface area (Å²) in [6.07, 6.45) is 0. The first kappa shape index (κ1) is 15.9. The summed E-state index contributed by atoms with van der Waals surface area (Å²) in [4.78, 5) is 11.7. The zero-order valence-electron chi connectivity index (χ0n) is 13.4. The van der Waals surface area contributed by atoms with Gasteiger partial charge in [0.15, 0.2) is 5.78 Å². The minimum absolute atomic E-state index is 0.0576. The average molecular weight is 391 g/mol. The SMILES string of the molecule is O=C(CBr)c1ccc(Oc2c3ccccc3cc3ccccc23)cc1. The van der Waals surface area contributed by atoms with E-state index in [2.05, 4.69) is 46.3 Å². The van der Waals surface area contributed by atoms with E-state index in [9.17, 15) is 4.79 Å². The number of hydrogen-bond donors (Lipinski definition) is 0. The lowest BCUT2D eigenvalue weighted by atomic mass is 10.0. The standard InChI is InChI=1S/C22H15BrO2/c23-14-21(24)15-9-11-18(12-10-15)25-22-19-7-3-1-5-16(19)13-17-6-2-4-8-20(17)22/h1-13H,14H2. The molecule has 0 aromatic heterocycles. The number of Topliss-reactive ketones (excluding diaryl/α,β-unsaturated/α-hetero) is 1. The monoisotopic (exact) mass is 390 g/mol. The first-order chi connectivity index (χ1) is 12.3. The Bertz CT molecular complexity index is 1010. The molecule has 0 aliphatic rings. The number of halogens is 1. The molecule has 4 rings (SSSR count). The molecule has 25 heavy (non-hydrogen) atoms. The summed E-state index contributed by atoms with van der Waals surface area (Å²) in [5.74, 6) is 1.61. The Morgan fingerprint density at radius 3 is 1.92 bits per heavy atom. The van der Waals surface area contributed by atoms with Gasteiger partial charge in [-0.15, -0.1) is 0 Å². The van der Waals surface area contributed by atoms with Crippen molar-refractivity contribution in [2.75, 3.05) is 5.33 Å². The Morgan fingerprint density at radius 2 is 1.36 bits per heavy atom. The molecule has 0 saturated heterocycles. The number of carbonyl (C=O) groups is 1. The van der Waals surface area contributed by atoms with Crippen LogP contribution in [-0.2, 0) is 0 Å². The third-order valence-corrected chi connectivity index (χ3v) is 4.75. The third-order valence-electron chi connectivity index (χ3n) is 4.24. The van der Waals surface area contributed by atoms with E-state index in [0.29, 0.717) is 16.6 Å². The van der Waals surface area contributed by atoms with Crippen molar-refractivity contribution in [1.82, 2.24) is 0 Å². The van der Waals surface area contributed by atoms with Crippen LogP contribution in [0.1, 0.15) is 10.4 Å². The second-order valence-corrected chi connectivity index (χ2v) is 6.39.